The highest BCUT2D eigenvalue weighted by atomic mass is 16.5. The molecule has 18 heavy (non-hydrogen) atoms. The molecule has 2 N–H and O–H groups in total. The minimum absolute atomic E-state index is 0.263. The number of nitrogens with one attached hydrogen (secondary N) is 1. The molecule has 2 aliphatic heterocycles. The zero-order valence-corrected chi connectivity index (χ0v) is 11.3. The number of aliphatic hydroxyl groups is 1. The molecule has 5 heteroatoms. The lowest BCUT2D eigenvalue weighted by Gasteiger charge is -2.35. The molecule has 3 atom stereocenters. The Morgan fingerprint density at radius 1 is 1.56 bits per heavy atom. The molecule has 2 aliphatic rings. The molecule has 0 aromatic heterocycles. The van der Waals surface area contributed by atoms with Crippen molar-refractivity contribution in [3.05, 3.63) is 0 Å². The van der Waals surface area contributed by atoms with Gasteiger partial charge in [-0.1, -0.05) is 0 Å². The number of rotatable bonds is 7. The van der Waals surface area contributed by atoms with Gasteiger partial charge < -0.3 is 19.9 Å². The van der Waals surface area contributed by atoms with Crippen molar-refractivity contribution in [2.75, 3.05) is 46.0 Å². The Labute approximate surface area is 109 Å². The Morgan fingerprint density at radius 2 is 2.44 bits per heavy atom. The monoisotopic (exact) mass is 258 g/mol. The van der Waals surface area contributed by atoms with Gasteiger partial charge in [0, 0.05) is 32.3 Å². The lowest BCUT2D eigenvalue weighted by Crippen LogP contribution is -2.50. The van der Waals surface area contributed by atoms with E-state index in [1.165, 1.54) is 19.4 Å². The second-order valence-electron chi connectivity index (χ2n) is 5.22. The summed E-state index contributed by atoms with van der Waals surface area (Å²) in [5.41, 5.74) is 0. The Morgan fingerprint density at radius 3 is 3.28 bits per heavy atom. The van der Waals surface area contributed by atoms with E-state index in [-0.39, 0.29) is 6.10 Å². The molecule has 0 aromatic rings. The van der Waals surface area contributed by atoms with E-state index in [0.29, 0.717) is 25.8 Å². The van der Waals surface area contributed by atoms with Gasteiger partial charge in [-0.2, -0.15) is 0 Å². The van der Waals surface area contributed by atoms with E-state index < -0.39 is 6.10 Å². The summed E-state index contributed by atoms with van der Waals surface area (Å²) in [6.07, 6.45) is 2.43. The molecule has 0 bridgehead atoms. The first-order chi connectivity index (χ1) is 8.79. The molecule has 0 aromatic carbocycles. The van der Waals surface area contributed by atoms with E-state index >= 15 is 0 Å². The van der Waals surface area contributed by atoms with Crippen LogP contribution >= 0.6 is 0 Å². The smallest absolute Gasteiger partial charge is 0.0897 e. The van der Waals surface area contributed by atoms with Crippen LogP contribution in [0.3, 0.4) is 0 Å². The lowest BCUT2D eigenvalue weighted by atomic mass is 10.2. The standard InChI is InChI=1S/C13H26N2O3/c1-2-17-10-12(16)6-14-7-13-8-15-5-3-4-11(15)9-18-13/h11-14,16H,2-10H2,1H3. The van der Waals surface area contributed by atoms with E-state index in [1.54, 1.807) is 0 Å². The van der Waals surface area contributed by atoms with Crippen LogP contribution < -0.4 is 5.32 Å². The fraction of sp³-hybridized carbons (Fsp3) is 1.00. The lowest BCUT2D eigenvalue weighted by molar-refractivity contribution is -0.0483. The summed E-state index contributed by atoms with van der Waals surface area (Å²) in [6.45, 7) is 7.49. The second-order valence-corrected chi connectivity index (χ2v) is 5.22. The summed E-state index contributed by atoms with van der Waals surface area (Å²) >= 11 is 0. The van der Waals surface area contributed by atoms with Crippen LogP contribution in [-0.2, 0) is 9.47 Å². The molecule has 0 saturated carbocycles. The number of fused-ring (bicyclic) bond motifs is 1. The van der Waals surface area contributed by atoms with Crippen molar-refractivity contribution < 1.29 is 14.6 Å². The highest BCUT2D eigenvalue weighted by molar-refractivity contribution is 4.85. The van der Waals surface area contributed by atoms with Gasteiger partial charge in [-0.05, 0) is 26.3 Å². The maximum absolute atomic E-state index is 9.62. The third kappa shape index (κ3) is 4.17. The predicted octanol–water partition coefficient (Wildman–Crippen LogP) is -0.163. The Bertz CT molecular complexity index is 240. The summed E-state index contributed by atoms with van der Waals surface area (Å²) < 4.78 is 11.0. The van der Waals surface area contributed by atoms with Gasteiger partial charge in [0.25, 0.3) is 0 Å². The van der Waals surface area contributed by atoms with E-state index in [9.17, 15) is 5.11 Å². The van der Waals surface area contributed by atoms with E-state index in [0.717, 1.165) is 19.7 Å². The number of hydrogen-bond acceptors (Lipinski definition) is 5. The van der Waals surface area contributed by atoms with Crippen LogP contribution in [0.5, 0.6) is 0 Å². The van der Waals surface area contributed by atoms with Gasteiger partial charge in [0.1, 0.15) is 0 Å². The zero-order valence-electron chi connectivity index (χ0n) is 11.3. The first kappa shape index (κ1) is 14.2. The molecule has 0 spiro atoms. The van der Waals surface area contributed by atoms with Crippen LogP contribution in [0.25, 0.3) is 0 Å². The number of hydrogen-bond donors (Lipinski definition) is 2. The minimum Gasteiger partial charge on any atom is -0.389 e. The maximum atomic E-state index is 9.62. The quantitative estimate of drug-likeness (QED) is 0.664. The summed E-state index contributed by atoms with van der Waals surface area (Å²) in [6, 6.07) is 0.657. The first-order valence-corrected chi connectivity index (χ1v) is 7.11. The summed E-state index contributed by atoms with van der Waals surface area (Å²) in [7, 11) is 0. The molecule has 0 radical (unpaired) electrons. The third-order valence-corrected chi connectivity index (χ3v) is 3.73. The van der Waals surface area contributed by atoms with Crippen molar-refractivity contribution in [2.24, 2.45) is 0 Å². The van der Waals surface area contributed by atoms with E-state index in [1.807, 2.05) is 6.92 Å². The van der Waals surface area contributed by atoms with Gasteiger partial charge >= 0.3 is 0 Å². The summed E-state index contributed by atoms with van der Waals surface area (Å²) in [5, 5.41) is 12.9. The number of aliphatic hydroxyl groups excluding tert-OH is 1. The largest absolute Gasteiger partial charge is 0.389 e. The topological polar surface area (TPSA) is 54.0 Å². The minimum atomic E-state index is -0.423. The molecule has 106 valence electrons. The van der Waals surface area contributed by atoms with Gasteiger partial charge in [0.05, 0.1) is 25.4 Å². The molecule has 5 nitrogen and oxygen atoms in total. The van der Waals surface area contributed by atoms with E-state index in [2.05, 4.69) is 10.2 Å². The molecule has 0 amide bonds. The molecular weight excluding hydrogens is 232 g/mol. The summed E-state index contributed by atoms with van der Waals surface area (Å²) in [5.74, 6) is 0. The number of nitrogens with zero attached hydrogens (tertiary/aromatic N) is 1. The van der Waals surface area contributed by atoms with Gasteiger partial charge in [-0.15, -0.1) is 0 Å². The summed E-state index contributed by atoms with van der Waals surface area (Å²) in [4.78, 5) is 2.53. The Balaban J connectivity index is 1.56. The number of ether oxygens (including phenoxy) is 2. The van der Waals surface area contributed by atoms with Gasteiger partial charge in [0.2, 0.25) is 0 Å². The zero-order chi connectivity index (χ0) is 12.8. The maximum Gasteiger partial charge on any atom is 0.0897 e. The van der Waals surface area contributed by atoms with Crippen molar-refractivity contribution in [3.8, 4) is 0 Å². The predicted molar refractivity (Wildman–Crippen MR) is 69.7 cm³/mol. The number of morpholine rings is 1. The van der Waals surface area contributed by atoms with Gasteiger partial charge in [-0.25, -0.2) is 0 Å². The molecule has 2 fully saturated rings. The van der Waals surface area contributed by atoms with Crippen molar-refractivity contribution in [1.82, 2.24) is 10.2 Å². The fourth-order valence-corrected chi connectivity index (χ4v) is 2.73. The first-order valence-electron chi connectivity index (χ1n) is 7.11. The third-order valence-electron chi connectivity index (χ3n) is 3.73. The van der Waals surface area contributed by atoms with Crippen LogP contribution in [0.4, 0.5) is 0 Å². The molecule has 0 aliphatic carbocycles. The van der Waals surface area contributed by atoms with Crippen LogP contribution in [0.15, 0.2) is 0 Å². The highest BCUT2D eigenvalue weighted by Gasteiger charge is 2.31. The SMILES string of the molecule is CCOCC(O)CNCC1CN2CCCC2CO1. The van der Waals surface area contributed by atoms with Crippen LogP contribution in [-0.4, -0.2) is 74.3 Å². The van der Waals surface area contributed by atoms with Crippen LogP contribution in [0.2, 0.25) is 0 Å². The van der Waals surface area contributed by atoms with Crippen LogP contribution in [0.1, 0.15) is 19.8 Å². The Kier molecular flexibility index (Phi) is 5.85. The average Bonchev–Trinajstić information content (AvgIpc) is 2.83. The van der Waals surface area contributed by atoms with Gasteiger partial charge in [-0.3, -0.25) is 4.90 Å². The highest BCUT2D eigenvalue weighted by Crippen LogP contribution is 2.22. The van der Waals surface area contributed by atoms with Crippen molar-refractivity contribution >= 4 is 0 Å². The van der Waals surface area contributed by atoms with Crippen molar-refractivity contribution in [1.29, 1.82) is 0 Å². The molecule has 2 heterocycles. The fourth-order valence-electron chi connectivity index (χ4n) is 2.73. The van der Waals surface area contributed by atoms with Crippen LogP contribution in [0, 0.1) is 0 Å². The van der Waals surface area contributed by atoms with Gasteiger partial charge in [0.15, 0.2) is 0 Å². The second kappa shape index (κ2) is 7.40. The Hall–Kier alpha value is -0.200. The van der Waals surface area contributed by atoms with E-state index in [4.69, 9.17) is 9.47 Å². The van der Waals surface area contributed by atoms with Crippen molar-refractivity contribution in [2.45, 2.75) is 38.0 Å². The molecule has 2 rings (SSSR count). The average molecular weight is 258 g/mol. The molecule has 3 unspecified atom stereocenters. The molecular formula is C13H26N2O3. The molecule has 2 saturated heterocycles. The normalized spacial score (nSPS) is 30.3. The van der Waals surface area contributed by atoms with Crippen molar-refractivity contribution in [3.63, 3.8) is 0 Å².